The Balaban J connectivity index is 1.65. The van der Waals surface area contributed by atoms with Gasteiger partial charge in [-0.25, -0.2) is 0 Å². The van der Waals surface area contributed by atoms with Crippen LogP contribution in [0.4, 0.5) is 0 Å². The molecule has 0 bridgehead atoms. The number of benzene rings is 2. The van der Waals surface area contributed by atoms with Crippen LogP contribution < -0.4 is 5.32 Å². The van der Waals surface area contributed by atoms with Crippen molar-refractivity contribution in [3.8, 4) is 0 Å². The number of carbonyl (C=O) groups excluding carboxylic acids is 1. The smallest absolute Gasteiger partial charge is 0.230 e. The molecule has 0 spiro atoms. The standard InChI is InChI=1S/C19H22ClNOS/c1-13-6-2-3-10-16(13)21-18(22)12-23-17-11-5-8-14-7-4-9-15(20)19(14)17/h4-5,7-9,11,13,16H,2-3,6,10,12H2,1H3,(H,21,22)/t13-,16-/m0/s1. The maximum absolute atomic E-state index is 12.3. The van der Waals surface area contributed by atoms with E-state index in [9.17, 15) is 4.79 Å². The van der Waals surface area contributed by atoms with Crippen LogP contribution in [0.25, 0.3) is 10.8 Å². The van der Waals surface area contributed by atoms with Crippen LogP contribution in [0.3, 0.4) is 0 Å². The average Bonchev–Trinajstić information content (AvgIpc) is 2.55. The van der Waals surface area contributed by atoms with Gasteiger partial charge in [0, 0.05) is 21.3 Å². The third-order valence-corrected chi connectivity index (χ3v) is 6.00. The molecule has 23 heavy (non-hydrogen) atoms. The first-order chi connectivity index (χ1) is 11.1. The van der Waals surface area contributed by atoms with Gasteiger partial charge in [-0.1, -0.05) is 55.6 Å². The van der Waals surface area contributed by atoms with Crippen molar-refractivity contribution < 1.29 is 4.79 Å². The zero-order chi connectivity index (χ0) is 16.2. The molecule has 1 aliphatic carbocycles. The molecular formula is C19H22ClNOS. The molecule has 1 N–H and O–H groups in total. The van der Waals surface area contributed by atoms with E-state index in [0.29, 0.717) is 17.7 Å². The summed E-state index contributed by atoms with van der Waals surface area (Å²) in [5.41, 5.74) is 0. The summed E-state index contributed by atoms with van der Waals surface area (Å²) in [6, 6.07) is 12.4. The Bertz CT molecular complexity index is 698. The summed E-state index contributed by atoms with van der Waals surface area (Å²) in [5, 5.41) is 6.11. The van der Waals surface area contributed by atoms with Gasteiger partial charge in [0.15, 0.2) is 0 Å². The molecule has 0 radical (unpaired) electrons. The fourth-order valence-corrected chi connectivity index (χ4v) is 4.56. The highest BCUT2D eigenvalue weighted by Crippen LogP contribution is 2.33. The molecular weight excluding hydrogens is 326 g/mol. The number of nitrogens with one attached hydrogen (secondary N) is 1. The number of carbonyl (C=O) groups is 1. The molecule has 1 amide bonds. The second-order valence-electron chi connectivity index (χ2n) is 6.32. The average molecular weight is 348 g/mol. The SMILES string of the molecule is C[C@H]1CCCC[C@@H]1NC(=O)CSc1cccc2cccc(Cl)c12. The van der Waals surface area contributed by atoms with Gasteiger partial charge in [-0.2, -0.15) is 0 Å². The van der Waals surface area contributed by atoms with Crippen LogP contribution in [-0.2, 0) is 4.79 Å². The van der Waals surface area contributed by atoms with Crippen molar-refractivity contribution in [2.45, 2.75) is 43.5 Å². The van der Waals surface area contributed by atoms with Gasteiger partial charge >= 0.3 is 0 Å². The van der Waals surface area contributed by atoms with E-state index in [1.807, 2.05) is 24.3 Å². The number of amides is 1. The molecule has 122 valence electrons. The summed E-state index contributed by atoms with van der Waals surface area (Å²) in [6.45, 7) is 2.24. The second kappa shape index (κ2) is 7.59. The summed E-state index contributed by atoms with van der Waals surface area (Å²) in [6.07, 6.45) is 4.84. The number of rotatable bonds is 4. The highest BCUT2D eigenvalue weighted by molar-refractivity contribution is 8.00. The minimum absolute atomic E-state index is 0.123. The van der Waals surface area contributed by atoms with Gasteiger partial charge in [-0.05, 0) is 36.3 Å². The van der Waals surface area contributed by atoms with Crippen molar-refractivity contribution in [3.63, 3.8) is 0 Å². The topological polar surface area (TPSA) is 29.1 Å². The fraction of sp³-hybridized carbons (Fsp3) is 0.421. The van der Waals surface area contributed by atoms with Gasteiger partial charge in [0.1, 0.15) is 0 Å². The number of fused-ring (bicyclic) bond motifs is 1. The van der Waals surface area contributed by atoms with Crippen molar-refractivity contribution in [1.29, 1.82) is 0 Å². The first-order valence-electron chi connectivity index (χ1n) is 8.24. The normalized spacial score (nSPS) is 21.3. The van der Waals surface area contributed by atoms with E-state index in [2.05, 4.69) is 24.4 Å². The molecule has 0 unspecified atom stereocenters. The highest BCUT2D eigenvalue weighted by atomic mass is 35.5. The van der Waals surface area contributed by atoms with Gasteiger partial charge in [0.25, 0.3) is 0 Å². The van der Waals surface area contributed by atoms with Crippen LogP contribution in [0.15, 0.2) is 41.3 Å². The molecule has 2 aromatic carbocycles. The molecule has 0 aliphatic heterocycles. The highest BCUT2D eigenvalue weighted by Gasteiger charge is 2.22. The van der Waals surface area contributed by atoms with E-state index in [1.54, 1.807) is 11.8 Å². The predicted molar refractivity (Wildman–Crippen MR) is 99.2 cm³/mol. The van der Waals surface area contributed by atoms with E-state index in [1.165, 1.54) is 19.3 Å². The zero-order valence-electron chi connectivity index (χ0n) is 13.3. The van der Waals surface area contributed by atoms with Gasteiger partial charge in [0.05, 0.1) is 5.75 Å². The monoisotopic (exact) mass is 347 g/mol. The molecule has 3 rings (SSSR count). The number of halogens is 1. The Hall–Kier alpha value is -1.19. The lowest BCUT2D eigenvalue weighted by Crippen LogP contribution is -2.41. The Labute approximate surface area is 147 Å². The van der Waals surface area contributed by atoms with Gasteiger partial charge < -0.3 is 5.32 Å². The maximum atomic E-state index is 12.3. The maximum Gasteiger partial charge on any atom is 0.230 e. The Morgan fingerprint density at radius 3 is 2.74 bits per heavy atom. The van der Waals surface area contributed by atoms with Crippen LogP contribution in [-0.4, -0.2) is 17.7 Å². The van der Waals surface area contributed by atoms with E-state index < -0.39 is 0 Å². The molecule has 0 saturated heterocycles. The summed E-state index contributed by atoms with van der Waals surface area (Å²) >= 11 is 7.90. The zero-order valence-corrected chi connectivity index (χ0v) is 14.9. The van der Waals surface area contributed by atoms with Crippen molar-refractivity contribution >= 4 is 40.0 Å². The van der Waals surface area contributed by atoms with E-state index in [0.717, 1.165) is 27.1 Å². The summed E-state index contributed by atoms with van der Waals surface area (Å²) in [4.78, 5) is 13.4. The second-order valence-corrected chi connectivity index (χ2v) is 7.74. The molecule has 2 nitrogen and oxygen atoms in total. The first kappa shape index (κ1) is 16.7. The molecule has 1 aliphatic rings. The molecule has 0 heterocycles. The van der Waals surface area contributed by atoms with Gasteiger partial charge in [-0.3, -0.25) is 4.79 Å². The Morgan fingerprint density at radius 2 is 1.96 bits per heavy atom. The molecule has 2 aromatic rings. The van der Waals surface area contributed by atoms with Crippen LogP contribution >= 0.6 is 23.4 Å². The fourth-order valence-electron chi connectivity index (χ4n) is 3.30. The van der Waals surface area contributed by atoms with Crippen molar-refractivity contribution in [2.24, 2.45) is 5.92 Å². The Kier molecular flexibility index (Phi) is 5.50. The third kappa shape index (κ3) is 4.02. The Morgan fingerprint density at radius 1 is 1.22 bits per heavy atom. The number of hydrogen-bond acceptors (Lipinski definition) is 2. The molecule has 1 fully saturated rings. The van der Waals surface area contributed by atoms with E-state index >= 15 is 0 Å². The predicted octanol–water partition coefficient (Wildman–Crippen LogP) is 5.28. The largest absolute Gasteiger partial charge is 0.352 e. The van der Waals surface area contributed by atoms with Crippen molar-refractivity contribution in [1.82, 2.24) is 5.32 Å². The van der Waals surface area contributed by atoms with Crippen LogP contribution in [0.5, 0.6) is 0 Å². The van der Waals surface area contributed by atoms with Crippen LogP contribution in [0, 0.1) is 5.92 Å². The van der Waals surface area contributed by atoms with Crippen molar-refractivity contribution in [3.05, 3.63) is 41.4 Å². The van der Waals surface area contributed by atoms with Crippen LogP contribution in [0.2, 0.25) is 5.02 Å². The number of thioether (sulfide) groups is 1. The minimum atomic E-state index is 0.123. The lowest BCUT2D eigenvalue weighted by atomic mass is 9.86. The molecule has 2 atom stereocenters. The summed E-state index contributed by atoms with van der Waals surface area (Å²) in [7, 11) is 0. The number of hydrogen-bond donors (Lipinski definition) is 1. The van der Waals surface area contributed by atoms with E-state index in [-0.39, 0.29) is 5.91 Å². The first-order valence-corrected chi connectivity index (χ1v) is 9.61. The van der Waals surface area contributed by atoms with Gasteiger partial charge in [0.2, 0.25) is 5.91 Å². The quantitative estimate of drug-likeness (QED) is 0.762. The minimum Gasteiger partial charge on any atom is -0.352 e. The van der Waals surface area contributed by atoms with Crippen LogP contribution in [0.1, 0.15) is 32.6 Å². The lowest BCUT2D eigenvalue weighted by Gasteiger charge is -2.29. The van der Waals surface area contributed by atoms with E-state index in [4.69, 9.17) is 11.6 Å². The lowest BCUT2D eigenvalue weighted by molar-refractivity contribution is -0.119. The van der Waals surface area contributed by atoms with Gasteiger partial charge in [-0.15, -0.1) is 11.8 Å². The summed E-state index contributed by atoms with van der Waals surface area (Å²) < 4.78 is 0. The molecule has 4 heteroatoms. The molecule has 0 aromatic heterocycles. The van der Waals surface area contributed by atoms with Crippen molar-refractivity contribution in [2.75, 3.05) is 5.75 Å². The summed E-state index contributed by atoms with van der Waals surface area (Å²) in [5.74, 6) is 1.15. The molecule has 1 saturated carbocycles. The third-order valence-electron chi connectivity index (χ3n) is 4.63.